The summed E-state index contributed by atoms with van der Waals surface area (Å²) < 4.78 is 4.84. The number of halogens is 1. The van der Waals surface area contributed by atoms with Gasteiger partial charge in [-0.1, -0.05) is 24.4 Å². The molecule has 3 amide bonds. The van der Waals surface area contributed by atoms with Gasteiger partial charge < -0.3 is 25.7 Å². The molecule has 1 aliphatic heterocycles. The van der Waals surface area contributed by atoms with Crippen LogP contribution in [0.15, 0.2) is 24.3 Å². The molecule has 9 nitrogen and oxygen atoms in total. The van der Waals surface area contributed by atoms with Crippen LogP contribution in [0.3, 0.4) is 0 Å². The number of fused-ring (bicyclic) bond motifs is 1. The number of carbonyl (C=O) groups excluding carboxylic acids is 4. The van der Waals surface area contributed by atoms with Gasteiger partial charge in [0, 0.05) is 28.4 Å². The lowest BCUT2D eigenvalue weighted by Crippen LogP contribution is -2.52. The van der Waals surface area contributed by atoms with Gasteiger partial charge in [-0.25, -0.2) is 4.79 Å². The van der Waals surface area contributed by atoms with Gasteiger partial charge in [0.15, 0.2) is 0 Å². The summed E-state index contributed by atoms with van der Waals surface area (Å²) in [6.07, 6.45) is 3.20. The number of benzene rings is 1. The van der Waals surface area contributed by atoms with Crippen molar-refractivity contribution in [1.29, 1.82) is 0 Å². The zero-order valence-corrected chi connectivity index (χ0v) is 19.0. The molecule has 33 heavy (non-hydrogen) atoms. The molecule has 3 atom stereocenters. The molecule has 1 aliphatic carbocycles. The van der Waals surface area contributed by atoms with E-state index in [1.165, 1.54) is 7.11 Å². The minimum atomic E-state index is -0.967. The molecule has 10 heteroatoms. The second kappa shape index (κ2) is 9.82. The molecule has 2 aliphatic rings. The fraction of sp³-hybridized carbons (Fsp3) is 0.478. The van der Waals surface area contributed by atoms with Crippen molar-refractivity contribution in [3.63, 3.8) is 0 Å². The van der Waals surface area contributed by atoms with Gasteiger partial charge in [0.25, 0.3) is 5.91 Å². The Morgan fingerprint density at radius 2 is 1.91 bits per heavy atom. The summed E-state index contributed by atoms with van der Waals surface area (Å²) in [6.45, 7) is 0.543. The van der Waals surface area contributed by atoms with Crippen molar-refractivity contribution >= 4 is 46.2 Å². The Hall–Kier alpha value is -3.07. The molecule has 2 heterocycles. The summed E-state index contributed by atoms with van der Waals surface area (Å²) in [6, 6.07) is 5.15. The molecule has 4 rings (SSSR count). The van der Waals surface area contributed by atoms with E-state index in [1.807, 2.05) is 0 Å². The number of nitrogens with one attached hydrogen (secondary N) is 4. The number of rotatable bonds is 9. The van der Waals surface area contributed by atoms with E-state index in [4.69, 9.17) is 16.3 Å². The molecule has 0 spiro atoms. The topological polar surface area (TPSA) is 129 Å². The van der Waals surface area contributed by atoms with Crippen molar-refractivity contribution in [2.24, 2.45) is 11.8 Å². The number of hydrogen-bond donors (Lipinski definition) is 4. The normalized spacial score (nSPS) is 19.6. The first-order valence-corrected chi connectivity index (χ1v) is 11.5. The van der Waals surface area contributed by atoms with Crippen LogP contribution in [0.1, 0.15) is 42.6 Å². The maximum absolute atomic E-state index is 13.1. The molecule has 0 unspecified atom stereocenters. The number of ether oxygens (including phenoxy) is 1. The largest absolute Gasteiger partial charge is 0.467 e. The monoisotopic (exact) mass is 474 g/mol. The maximum atomic E-state index is 13.1. The Balaban J connectivity index is 1.46. The lowest BCUT2D eigenvalue weighted by atomic mass is 9.97. The number of hydrogen-bond acceptors (Lipinski definition) is 5. The first-order valence-electron chi connectivity index (χ1n) is 11.1. The van der Waals surface area contributed by atoms with E-state index in [9.17, 15) is 19.2 Å². The highest BCUT2D eigenvalue weighted by molar-refractivity contribution is 6.31. The first kappa shape index (κ1) is 23.1. The van der Waals surface area contributed by atoms with Gasteiger partial charge in [-0.2, -0.15) is 0 Å². The average molecular weight is 475 g/mol. The SMILES string of the molecule is COC(=O)[C@H](C[C@@H]1CCNC1=O)NC(=O)[C@H](CC1CC1)NC(=O)c1cc2cc(Cl)ccc2[nH]1. The fourth-order valence-corrected chi connectivity index (χ4v) is 4.34. The number of esters is 1. The zero-order chi connectivity index (χ0) is 23.5. The Morgan fingerprint density at radius 3 is 2.58 bits per heavy atom. The molecule has 1 saturated carbocycles. The summed E-state index contributed by atoms with van der Waals surface area (Å²) >= 11 is 6.02. The summed E-state index contributed by atoms with van der Waals surface area (Å²) in [5, 5.41) is 9.58. The van der Waals surface area contributed by atoms with Gasteiger partial charge in [0.1, 0.15) is 17.8 Å². The van der Waals surface area contributed by atoms with Crippen molar-refractivity contribution in [3.05, 3.63) is 35.0 Å². The second-order valence-corrected chi connectivity index (χ2v) is 9.15. The van der Waals surface area contributed by atoms with E-state index in [1.54, 1.807) is 24.3 Å². The van der Waals surface area contributed by atoms with Crippen molar-refractivity contribution in [3.8, 4) is 0 Å². The average Bonchev–Trinajstić information content (AvgIpc) is 3.37. The van der Waals surface area contributed by atoms with Crippen LogP contribution in [0.5, 0.6) is 0 Å². The van der Waals surface area contributed by atoms with Gasteiger partial charge in [-0.05, 0) is 49.4 Å². The number of aromatic nitrogens is 1. The van der Waals surface area contributed by atoms with E-state index in [2.05, 4.69) is 20.9 Å². The molecule has 0 bridgehead atoms. The predicted molar refractivity (Wildman–Crippen MR) is 122 cm³/mol. The molecular formula is C23H27ClN4O5. The molecule has 176 valence electrons. The highest BCUT2D eigenvalue weighted by Crippen LogP contribution is 2.33. The number of methoxy groups -OCH3 is 1. The molecule has 0 radical (unpaired) electrons. The number of aromatic amines is 1. The van der Waals surface area contributed by atoms with E-state index in [0.717, 1.165) is 23.7 Å². The third-order valence-corrected chi connectivity index (χ3v) is 6.44. The van der Waals surface area contributed by atoms with E-state index in [-0.39, 0.29) is 18.2 Å². The molecule has 2 fully saturated rings. The van der Waals surface area contributed by atoms with Crippen LogP contribution in [0.25, 0.3) is 10.9 Å². The van der Waals surface area contributed by atoms with Gasteiger partial charge in [-0.3, -0.25) is 14.4 Å². The van der Waals surface area contributed by atoms with Crippen molar-refractivity contribution < 1.29 is 23.9 Å². The van der Waals surface area contributed by atoms with Crippen LogP contribution in [0, 0.1) is 11.8 Å². The maximum Gasteiger partial charge on any atom is 0.328 e. The van der Waals surface area contributed by atoms with Crippen molar-refractivity contribution in [2.75, 3.05) is 13.7 Å². The second-order valence-electron chi connectivity index (χ2n) is 8.72. The summed E-state index contributed by atoms with van der Waals surface area (Å²) in [5.41, 5.74) is 1.07. The van der Waals surface area contributed by atoms with E-state index >= 15 is 0 Å². The van der Waals surface area contributed by atoms with Crippen molar-refractivity contribution in [2.45, 2.75) is 44.2 Å². The molecule has 1 aromatic carbocycles. The van der Waals surface area contributed by atoms with Crippen LogP contribution in [0.4, 0.5) is 0 Å². The number of carbonyl (C=O) groups is 4. The Kier molecular flexibility index (Phi) is 6.88. The van der Waals surface area contributed by atoms with Crippen LogP contribution in [-0.2, 0) is 19.1 Å². The molecular weight excluding hydrogens is 448 g/mol. The van der Waals surface area contributed by atoms with Crippen LogP contribution >= 0.6 is 11.6 Å². The van der Waals surface area contributed by atoms with Gasteiger partial charge in [0.2, 0.25) is 11.8 Å². The Labute approximate surface area is 195 Å². The predicted octanol–water partition coefficient (Wildman–Crippen LogP) is 1.90. The third kappa shape index (κ3) is 5.65. The molecule has 1 aromatic heterocycles. The highest BCUT2D eigenvalue weighted by Gasteiger charge is 2.35. The smallest absolute Gasteiger partial charge is 0.328 e. The molecule has 4 N–H and O–H groups in total. The first-order chi connectivity index (χ1) is 15.8. The van der Waals surface area contributed by atoms with E-state index in [0.29, 0.717) is 36.0 Å². The number of H-pyrrole nitrogens is 1. The van der Waals surface area contributed by atoms with Gasteiger partial charge in [-0.15, -0.1) is 0 Å². The highest BCUT2D eigenvalue weighted by atomic mass is 35.5. The minimum Gasteiger partial charge on any atom is -0.467 e. The summed E-state index contributed by atoms with van der Waals surface area (Å²) in [4.78, 5) is 53.3. The van der Waals surface area contributed by atoms with Gasteiger partial charge in [0.05, 0.1) is 7.11 Å². The van der Waals surface area contributed by atoms with Crippen LogP contribution < -0.4 is 16.0 Å². The van der Waals surface area contributed by atoms with Crippen LogP contribution in [0.2, 0.25) is 5.02 Å². The van der Waals surface area contributed by atoms with Crippen LogP contribution in [-0.4, -0.2) is 54.4 Å². The van der Waals surface area contributed by atoms with Gasteiger partial charge >= 0.3 is 5.97 Å². The minimum absolute atomic E-state index is 0.139. The quantitative estimate of drug-likeness (QED) is 0.412. The Bertz CT molecular complexity index is 1080. The van der Waals surface area contributed by atoms with E-state index < -0.39 is 29.9 Å². The van der Waals surface area contributed by atoms with Crippen molar-refractivity contribution in [1.82, 2.24) is 20.9 Å². The summed E-state index contributed by atoms with van der Waals surface area (Å²) in [5.74, 6) is -1.67. The molecule has 2 aromatic rings. The lowest BCUT2D eigenvalue weighted by molar-refractivity contribution is -0.146. The lowest BCUT2D eigenvalue weighted by Gasteiger charge is -2.23. The molecule has 1 saturated heterocycles. The standard InChI is InChI=1S/C23H27ClN4O5/c1-33-23(32)19(10-13-6-7-25-20(13)29)28-21(30)17(8-12-2-3-12)27-22(31)18-11-14-9-15(24)4-5-16(14)26-18/h4-5,9,11-13,17,19,26H,2-3,6-8,10H2,1H3,(H,25,29)(H,27,31)(H,28,30)/t13-,17-,19-/m0/s1. The third-order valence-electron chi connectivity index (χ3n) is 6.20. The number of amides is 3. The zero-order valence-electron chi connectivity index (χ0n) is 18.3. The summed E-state index contributed by atoms with van der Waals surface area (Å²) in [7, 11) is 1.24. The fourth-order valence-electron chi connectivity index (χ4n) is 4.16. The Morgan fingerprint density at radius 1 is 1.12 bits per heavy atom.